The topological polar surface area (TPSA) is 75.6 Å². The summed E-state index contributed by atoms with van der Waals surface area (Å²) >= 11 is 0. The van der Waals surface area contributed by atoms with Crippen molar-refractivity contribution in [3.05, 3.63) is 18.2 Å². The molecule has 2 aliphatic heterocycles. The standard InChI is InChI=1S/C16H23N3O4.HI/c1-2-17-16(19-7-5-12(20)10-19)18-6-8-21-13-3-4-14-15(9-13)23-11-22-14;/h3-4,9,12,20H,2,5-8,10-11H2,1H3,(H,17,18);1H/t12-;/m1./s1. The van der Waals surface area contributed by atoms with Gasteiger partial charge < -0.3 is 29.5 Å². The van der Waals surface area contributed by atoms with Gasteiger partial charge >= 0.3 is 0 Å². The van der Waals surface area contributed by atoms with Crippen LogP contribution in [-0.4, -0.2) is 61.6 Å². The third-order valence-electron chi connectivity index (χ3n) is 3.76. The molecule has 0 spiro atoms. The summed E-state index contributed by atoms with van der Waals surface area (Å²) in [6.07, 6.45) is 0.529. The summed E-state index contributed by atoms with van der Waals surface area (Å²) in [4.78, 5) is 6.63. The maximum absolute atomic E-state index is 9.64. The normalized spacial score (nSPS) is 19.2. The number of hydrogen-bond acceptors (Lipinski definition) is 5. The summed E-state index contributed by atoms with van der Waals surface area (Å²) in [5, 5.41) is 12.9. The Morgan fingerprint density at radius 3 is 3.00 bits per heavy atom. The van der Waals surface area contributed by atoms with Gasteiger partial charge in [-0.05, 0) is 25.5 Å². The van der Waals surface area contributed by atoms with Crippen LogP contribution in [0.3, 0.4) is 0 Å². The van der Waals surface area contributed by atoms with Crippen molar-refractivity contribution >= 4 is 29.9 Å². The van der Waals surface area contributed by atoms with E-state index in [9.17, 15) is 5.11 Å². The smallest absolute Gasteiger partial charge is 0.231 e. The third kappa shape index (κ3) is 4.79. The highest BCUT2D eigenvalue weighted by molar-refractivity contribution is 14.0. The van der Waals surface area contributed by atoms with E-state index in [0.29, 0.717) is 25.4 Å². The predicted molar refractivity (Wildman–Crippen MR) is 102 cm³/mol. The SMILES string of the molecule is CCNC(=NCCOc1ccc2c(c1)OCO2)N1CC[C@@H](O)C1.I. The minimum absolute atomic E-state index is 0. The first-order chi connectivity index (χ1) is 11.3. The number of ether oxygens (including phenoxy) is 3. The molecule has 2 heterocycles. The van der Waals surface area contributed by atoms with Gasteiger partial charge in [0.2, 0.25) is 6.79 Å². The molecule has 24 heavy (non-hydrogen) atoms. The van der Waals surface area contributed by atoms with E-state index in [0.717, 1.165) is 37.0 Å². The molecule has 0 aliphatic carbocycles. The van der Waals surface area contributed by atoms with Crippen LogP contribution in [0.2, 0.25) is 0 Å². The van der Waals surface area contributed by atoms with Crippen LogP contribution in [0.25, 0.3) is 0 Å². The molecule has 0 radical (unpaired) electrons. The summed E-state index contributed by atoms with van der Waals surface area (Å²) in [5.41, 5.74) is 0. The van der Waals surface area contributed by atoms with Crippen molar-refractivity contribution in [1.29, 1.82) is 0 Å². The predicted octanol–water partition coefficient (Wildman–Crippen LogP) is 1.44. The van der Waals surface area contributed by atoms with Crippen LogP contribution in [-0.2, 0) is 0 Å². The van der Waals surface area contributed by atoms with Gasteiger partial charge in [0, 0.05) is 25.7 Å². The molecule has 0 amide bonds. The van der Waals surface area contributed by atoms with E-state index in [1.807, 2.05) is 25.1 Å². The molecular weight excluding hydrogens is 425 g/mol. The number of nitrogens with one attached hydrogen (secondary N) is 1. The van der Waals surface area contributed by atoms with Gasteiger partial charge in [0.1, 0.15) is 12.4 Å². The average molecular weight is 449 g/mol. The van der Waals surface area contributed by atoms with E-state index in [1.165, 1.54) is 0 Å². The Bertz CT molecular complexity index is 570. The molecular formula is C16H24IN3O4. The first kappa shape index (κ1) is 18.9. The van der Waals surface area contributed by atoms with E-state index in [-0.39, 0.29) is 36.9 Å². The number of halogens is 1. The van der Waals surface area contributed by atoms with E-state index in [2.05, 4.69) is 15.2 Å². The Labute approximate surface area is 159 Å². The maximum Gasteiger partial charge on any atom is 0.231 e. The number of rotatable bonds is 5. The van der Waals surface area contributed by atoms with E-state index in [1.54, 1.807) is 0 Å². The van der Waals surface area contributed by atoms with Gasteiger partial charge in [-0.3, -0.25) is 0 Å². The molecule has 3 rings (SSSR count). The van der Waals surface area contributed by atoms with Gasteiger partial charge in [-0.1, -0.05) is 0 Å². The molecule has 0 unspecified atom stereocenters. The number of guanidine groups is 1. The molecule has 134 valence electrons. The van der Waals surface area contributed by atoms with Gasteiger partial charge in [0.05, 0.1) is 12.6 Å². The second-order valence-corrected chi connectivity index (χ2v) is 5.49. The number of benzene rings is 1. The Hall–Kier alpha value is -1.42. The fourth-order valence-electron chi connectivity index (χ4n) is 2.64. The van der Waals surface area contributed by atoms with Crippen LogP contribution in [0.5, 0.6) is 17.2 Å². The van der Waals surface area contributed by atoms with Crippen molar-refractivity contribution in [1.82, 2.24) is 10.2 Å². The molecule has 8 heteroatoms. The van der Waals surface area contributed by atoms with Crippen LogP contribution in [0.4, 0.5) is 0 Å². The summed E-state index contributed by atoms with van der Waals surface area (Å²) in [7, 11) is 0. The number of aliphatic hydroxyl groups excluding tert-OH is 1. The summed E-state index contributed by atoms with van der Waals surface area (Å²) < 4.78 is 16.3. The van der Waals surface area contributed by atoms with Gasteiger partial charge in [-0.15, -0.1) is 24.0 Å². The number of likely N-dealkylation sites (tertiary alicyclic amines) is 1. The van der Waals surface area contributed by atoms with Crippen molar-refractivity contribution in [2.24, 2.45) is 4.99 Å². The van der Waals surface area contributed by atoms with Gasteiger partial charge in [-0.25, -0.2) is 4.99 Å². The van der Waals surface area contributed by atoms with Crippen LogP contribution < -0.4 is 19.5 Å². The van der Waals surface area contributed by atoms with Crippen molar-refractivity contribution in [3.8, 4) is 17.2 Å². The lowest BCUT2D eigenvalue weighted by molar-refractivity contribution is 0.173. The number of fused-ring (bicyclic) bond motifs is 1. The monoisotopic (exact) mass is 449 g/mol. The number of aliphatic hydroxyl groups is 1. The molecule has 0 saturated carbocycles. The first-order valence-corrected chi connectivity index (χ1v) is 8.00. The minimum Gasteiger partial charge on any atom is -0.492 e. The number of nitrogens with zero attached hydrogens (tertiary/aromatic N) is 2. The zero-order valence-electron chi connectivity index (χ0n) is 13.7. The molecule has 1 aromatic rings. The van der Waals surface area contributed by atoms with Crippen molar-refractivity contribution in [2.45, 2.75) is 19.4 Å². The molecule has 0 aromatic heterocycles. The molecule has 1 fully saturated rings. The highest BCUT2D eigenvalue weighted by atomic mass is 127. The van der Waals surface area contributed by atoms with Gasteiger partial charge in [0.15, 0.2) is 17.5 Å². The lowest BCUT2D eigenvalue weighted by atomic mass is 10.3. The van der Waals surface area contributed by atoms with Crippen LogP contribution in [0.15, 0.2) is 23.2 Å². The van der Waals surface area contributed by atoms with Crippen molar-refractivity contribution in [3.63, 3.8) is 0 Å². The zero-order chi connectivity index (χ0) is 16.1. The van der Waals surface area contributed by atoms with Crippen molar-refractivity contribution in [2.75, 3.05) is 39.6 Å². The molecule has 1 saturated heterocycles. The second-order valence-electron chi connectivity index (χ2n) is 5.49. The highest BCUT2D eigenvalue weighted by Gasteiger charge is 2.22. The van der Waals surface area contributed by atoms with E-state index >= 15 is 0 Å². The molecule has 1 aromatic carbocycles. The lowest BCUT2D eigenvalue weighted by Gasteiger charge is -2.20. The molecule has 7 nitrogen and oxygen atoms in total. The average Bonchev–Trinajstić information content (AvgIpc) is 3.18. The zero-order valence-corrected chi connectivity index (χ0v) is 16.1. The second kappa shape index (κ2) is 9.16. The highest BCUT2D eigenvalue weighted by Crippen LogP contribution is 2.34. The number of β-amino-alcohol motifs (C(OH)–C–C–N with tert-alkyl or cyclic N) is 1. The fraction of sp³-hybridized carbons (Fsp3) is 0.562. The molecule has 1 atom stereocenters. The Kier molecular flexibility index (Phi) is 7.22. The first-order valence-electron chi connectivity index (χ1n) is 8.00. The summed E-state index contributed by atoms with van der Waals surface area (Å²) in [6, 6.07) is 5.53. The minimum atomic E-state index is -0.260. The third-order valence-corrected chi connectivity index (χ3v) is 3.76. The van der Waals surface area contributed by atoms with Crippen molar-refractivity contribution < 1.29 is 19.3 Å². The van der Waals surface area contributed by atoms with Gasteiger partial charge in [0.25, 0.3) is 0 Å². The summed E-state index contributed by atoms with van der Waals surface area (Å²) in [5.74, 6) is 3.03. The fourth-order valence-corrected chi connectivity index (χ4v) is 2.64. The summed E-state index contributed by atoms with van der Waals surface area (Å²) in [6.45, 7) is 5.58. The molecule has 0 bridgehead atoms. The van der Waals surface area contributed by atoms with Crippen LogP contribution >= 0.6 is 24.0 Å². The number of hydrogen-bond donors (Lipinski definition) is 2. The number of aliphatic imine (C=N–C) groups is 1. The largest absolute Gasteiger partial charge is 0.492 e. The Balaban J connectivity index is 0.00000208. The quantitative estimate of drug-likeness (QED) is 0.307. The lowest BCUT2D eigenvalue weighted by Crippen LogP contribution is -2.40. The molecule has 2 aliphatic rings. The van der Waals surface area contributed by atoms with E-state index < -0.39 is 0 Å². The van der Waals surface area contributed by atoms with Crippen LogP contribution in [0, 0.1) is 0 Å². The van der Waals surface area contributed by atoms with Crippen LogP contribution in [0.1, 0.15) is 13.3 Å². The maximum atomic E-state index is 9.64. The Morgan fingerprint density at radius 1 is 1.42 bits per heavy atom. The van der Waals surface area contributed by atoms with Gasteiger partial charge in [-0.2, -0.15) is 0 Å². The molecule has 2 N–H and O–H groups in total. The Morgan fingerprint density at radius 2 is 2.25 bits per heavy atom. The van der Waals surface area contributed by atoms with E-state index in [4.69, 9.17) is 14.2 Å².